The van der Waals surface area contributed by atoms with Gasteiger partial charge in [0, 0.05) is 5.02 Å². The molecule has 4 amide bonds. The Morgan fingerprint density at radius 3 is 2.50 bits per heavy atom. The van der Waals surface area contributed by atoms with Gasteiger partial charge in [-0.3, -0.25) is 14.9 Å². The lowest BCUT2D eigenvalue weighted by Crippen LogP contribution is -2.54. The molecule has 0 aliphatic carbocycles. The summed E-state index contributed by atoms with van der Waals surface area (Å²) in [5.41, 5.74) is 0.545. The number of hydrogen-bond donors (Lipinski definition) is 1. The van der Waals surface area contributed by atoms with Crippen LogP contribution in [-0.2, 0) is 9.59 Å². The number of benzene rings is 2. The Kier molecular flexibility index (Phi) is 5.71. The molecule has 0 radical (unpaired) electrons. The van der Waals surface area contributed by atoms with Gasteiger partial charge in [0.25, 0.3) is 11.8 Å². The lowest BCUT2D eigenvalue weighted by molar-refractivity contribution is -0.122. The van der Waals surface area contributed by atoms with Crippen molar-refractivity contribution in [1.29, 1.82) is 0 Å². The molecule has 3 rings (SSSR count). The monoisotopic (exact) mass is 464 g/mol. The number of carbonyl (C=O) groups is 3. The van der Waals surface area contributed by atoms with E-state index in [1.807, 2.05) is 0 Å². The molecule has 9 heteroatoms. The summed E-state index contributed by atoms with van der Waals surface area (Å²) in [6.07, 6.45) is 1.37. The van der Waals surface area contributed by atoms with Gasteiger partial charge in [0.05, 0.1) is 24.4 Å². The Morgan fingerprint density at radius 1 is 1.11 bits per heavy atom. The number of imide groups is 2. The number of ether oxygens (including phenoxy) is 2. The molecule has 0 saturated carbocycles. The number of carbonyl (C=O) groups excluding carboxylic acids is 3. The van der Waals surface area contributed by atoms with Crippen molar-refractivity contribution in [3.63, 3.8) is 0 Å². The first kappa shape index (κ1) is 19.9. The van der Waals surface area contributed by atoms with Crippen LogP contribution in [0.15, 0.2) is 46.4 Å². The number of anilines is 1. The number of amides is 4. The zero-order valence-corrected chi connectivity index (χ0v) is 17.1. The van der Waals surface area contributed by atoms with Crippen LogP contribution in [0.25, 0.3) is 6.08 Å². The van der Waals surface area contributed by atoms with E-state index in [0.717, 1.165) is 4.90 Å². The molecule has 1 N–H and O–H groups in total. The minimum Gasteiger partial charge on any atom is -0.493 e. The summed E-state index contributed by atoms with van der Waals surface area (Å²) in [6, 6.07) is 8.64. The fourth-order valence-corrected chi connectivity index (χ4v) is 3.50. The first-order chi connectivity index (χ1) is 13.3. The van der Waals surface area contributed by atoms with Crippen LogP contribution in [0, 0.1) is 0 Å². The minimum atomic E-state index is -0.845. The average Bonchev–Trinajstić information content (AvgIpc) is 2.64. The molecule has 28 heavy (non-hydrogen) atoms. The number of rotatable bonds is 4. The number of nitrogens with one attached hydrogen (secondary N) is 1. The molecule has 0 unspecified atom stereocenters. The molecule has 7 nitrogen and oxygen atoms in total. The summed E-state index contributed by atoms with van der Waals surface area (Å²) in [4.78, 5) is 38.3. The Bertz CT molecular complexity index is 1020. The third kappa shape index (κ3) is 3.74. The predicted molar refractivity (Wildman–Crippen MR) is 108 cm³/mol. The van der Waals surface area contributed by atoms with E-state index in [-0.39, 0.29) is 11.3 Å². The number of barbiturate groups is 1. The smallest absolute Gasteiger partial charge is 0.335 e. The van der Waals surface area contributed by atoms with E-state index < -0.39 is 17.8 Å². The molecule has 2 aromatic carbocycles. The van der Waals surface area contributed by atoms with Crippen molar-refractivity contribution in [2.75, 3.05) is 19.1 Å². The number of hydrogen-bond acceptors (Lipinski definition) is 5. The first-order valence-electron chi connectivity index (χ1n) is 7.94. The second kappa shape index (κ2) is 8.04. The van der Waals surface area contributed by atoms with Crippen LogP contribution in [-0.4, -0.2) is 32.1 Å². The van der Waals surface area contributed by atoms with Gasteiger partial charge in [-0.2, -0.15) is 0 Å². The van der Waals surface area contributed by atoms with Crippen LogP contribution in [0.5, 0.6) is 11.5 Å². The maximum atomic E-state index is 12.9. The summed E-state index contributed by atoms with van der Waals surface area (Å²) in [6.45, 7) is 0. The lowest BCUT2D eigenvalue weighted by atomic mass is 10.1. The summed E-state index contributed by atoms with van der Waals surface area (Å²) in [7, 11) is 2.96. The van der Waals surface area contributed by atoms with Gasteiger partial charge in [-0.1, -0.05) is 17.7 Å². The Hall–Kier alpha value is -2.84. The zero-order valence-electron chi connectivity index (χ0n) is 14.8. The lowest BCUT2D eigenvalue weighted by Gasteiger charge is -2.26. The third-order valence-corrected chi connectivity index (χ3v) is 4.76. The van der Waals surface area contributed by atoms with E-state index in [2.05, 4.69) is 21.2 Å². The molecule has 1 aliphatic heterocycles. The fraction of sp³-hybridized carbons (Fsp3) is 0.105. The molecule has 0 aromatic heterocycles. The fourth-order valence-electron chi connectivity index (χ4n) is 2.70. The Labute approximate surface area is 174 Å². The molecule has 144 valence electrons. The molecule has 2 aromatic rings. The minimum absolute atomic E-state index is 0.210. The number of methoxy groups -OCH3 is 2. The van der Waals surface area contributed by atoms with Crippen LogP contribution in [0.3, 0.4) is 0 Å². The van der Waals surface area contributed by atoms with Gasteiger partial charge in [0.2, 0.25) is 0 Å². The van der Waals surface area contributed by atoms with Crippen molar-refractivity contribution in [3.8, 4) is 11.5 Å². The van der Waals surface area contributed by atoms with Crippen LogP contribution >= 0.6 is 27.5 Å². The van der Waals surface area contributed by atoms with E-state index in [9.17, 15) is 14.4 Å². The molecular formula is C19H14BrClN2O5. The Balaban J connectivity index is 2.06. The quantitative estimate of drug-likeness (QED) is 0.549. The highest BCUT2D eigenvalue weighted by Crippen LogP contribution is 2.37. The maximum absolute atomic E-state index is 12.9. The van der Waals surface area contributed by atoms with Crippen molar-refractivity contribution in [2.45, 2.75) is 0 Å². The van der Waals surface area contributed by atoms with Gasteiger partial charge < -0.3 is 9.47 Å². The van der Waals surface area contributed by atoms with E-state index in [1.54, 1.807) is 30.3 Å². The summed E-state index contributed by atoms with van der Waals surface area (Å²) in [5, 5.41) is 2.51. The maximum Gasteiger partial charge on any atom is 0.335 e. The number of halogens is 2. The van der Waals surface area contributed by atoms with Gasteiger partial charge in [-0.05, 0) is 57.9 Å². The van der Waals surface area contributed by atoms with Crippen molar-refractivity contribution in [3.05, 3.63) is 57.0 Å². The Morgan fingerprint density at radius 2 is 1.86 bits per heavy atom. The van der Waals surface area contributed by atoms with Crippen LogP contribution in [0.4, 0.5) is 10.5 Å². The van der Waals surface area contributed by atoms with Gasteiger partial charge in [-0.25, -0.2) is 9.69 Å². The van der Waals surface area contributed by atoms with Crippen LogP contribution < -0.4 is 19.7 Å². The van der Waals surface area contributed by atoms with Gasteiger partial charge in [-0.15, -0.1) is 0 Å². The second-order valence-corrected chi connectivity index (χ2v) is 6.97. The van der Waals surface area contributed by atoms with Crippen molar-refractivity contribution in [1.82, 2.24) is 5.32 Å². The van der Waals surface area contributed by atoms with Gasteiger partial charge in [0.15, 0.2) is 11.5 Å². The molecule has 1 heterocycles. The molecule has 0 spiro atoms. The largest absolute Gasteiger partial charge is 0.493 e. The molecule has 1 saturated heterocycles. The van der Waals surface area contributed by atoms with Crippen molar-refractivity contribution in [2.24, 2.45) is 0 Å². The van der Waals surface area contributed by atoms with Crippen molar-refractivity contribution >= 4 is 57.1 Å². The first-order valence-corrected chi connectivity index (χ1v) is 9.11. The second-order valence-electron chi connectivity index (χ2n) is 5.68. The SMILES string of the molecule is COc1cc(/C=C2\C(=O)NC(=O)N(c3cccc(Cl)c3)C2=O)cc(Br)c1OC. The standard InChI is InChI=1S/C19H14BrClN2O5/c1-27-15-8-10(7-14(20)16(15)28-2)6-13-17(24)22-19(26)23(18(13)25)12-5-3-4-11(21)9-12/h3-9H,1-2H3,(H,22,24,26)/b13-6+. The normalized spacial score (nSPS) is 15.6. The van der Waals surface area contributed by atoms with E-state index >= 15 is 0 Å². The van der Waals surface area contributed by atoms with Gasteiger partial charge in [0.1, 0.15) is 5.57 Å². The zero-order chi connectivity index (χ0) is 20.4. The molecule has 1 fully saturated rings. The van der Waals surface area contributed by atoms with E-state index in [0.29, 0.717) is 26.6 Å². The average molecular weight is 466 g/mol. The topological polar surface area (TPSA) is 84.9 Å². The molecule has 1 aliphatic rings. The van der Waals surface area contributed by atoms with Crippen LogP contribution in [0.2, 0.25) is 5.02 Å². The number of nitrogens with zero attached hydrogens (tertiary/aromatic N) is 1. The highest BCUT2D eigenvalue weighted by molar-refractivity contribution is 9.10. The van der Waals surface area contributed by atoms with Crippen molar-refractivity contribution < 1.29 is 23.9 Å². The van der Waals surface area contributed by atoms with Crippen LogP contribution in [0.1, 0.15) is 5.56 Å². The molecular weight excluding hydrogens is 452 g/mol. The van der Waals surface area contributed by atoms with E-state index in [1.165, 1.54) is 26.4 Å². The highest BCUT2D eigenvalue weighted by atomic mass is 79.9. The summed E-state index contributed by atoms with van der Waals surface area (Å²) < 4.78 is 11.1. The summed E-state index contributed by atoms with van der Waals surface area (Å²) in [5.74, 6) is -0.670. The highest BCUT2D eigenvalue weighted by Gasteiger charge is 2.36. The predicted octanol–water partition coefficient (Wildman–Crippen LogP) is 3.79. The third-order valence-electron chi connectivity index (χ3n) is 3.93. The molecule has 0 atom stereocenters. The van der Waals surface area contributed by atoms with Gasteiger partial charge >= 0.3 is 6.03 Å². The summed E-state index contributed by atoms with van der Waals surface area (Å²) >= 11 is 9.31. The molecule has 0 bridgehead atoms. The number of urea groups is 1. The van der Waals surface area contributed by atoms with E-state index in [4.69, 9.17) is 21.1 Å².